The molecule has 0 spiro atoms. The number of anilines is 9. The van der Waals surface area contributed by atoms with Crippen LogP contribution in [-0.2, 0) is 32.5 Å². The Morgan fingerprint density at radius 2 is 0.454 bits per heavy atom. The van der Waals surface area contributed by atoms with Gasteiger partial charge in [-0.05, 0) is 219 Å². The van der Waals surface area contributed by atoms with Crippen LogP contribution in [0.4, 0.5) is 51.3 Å². The van der Waals surface area contributed by atoms with Crippen molar-refractivity contribution in [3.05, 3.63) is 474 Å². The lowest BCUT2D eigenvalue weighted by Gasteiger charge is -2.49. The van der Waals surface area contributed by atoms with Crippen LogP contribution < -0.4 is 14.7 Å². The lowest BCUT2D eigenvalue weighted by molar-refractivity contribution is 0.580. The van der Waals surface area contributed by atoms with Crippen LogP contribution in [0.5, 0.6) is 0 Å². The SMILES string of the molecule is CC1(C)c2cc(-c3ccccc3)ccc2N2c3ncc(-c4ccccc4)cc3C(C)(C)c3cc(-c4ccccc4)cc1c32.CC1(C)c2cc(-c3ccccn3)ccc2N2c3ccc(-c4ccccn4)cc3C(C)(C)c3cccc1c32.CC1(C)c2cc(-c3nc(-c4ccccc4)nc(-c4ccccc4)n3)ccc2N2c3ccc(-c4nc(-c5ccccc5)nc(-c5ccccc5)n4)cc3C(C)(C)c3nccc1c32. The molecule has 13 nitrogen and oxygen atoms in total. The van der Waals surface area contributed by atoms with Gasteiger partial charge in [-0.3, -0.25) is 19.9 Å². The van der Waals surface area contributed by atoms with Crippen LogP contribution in [0.15, 0.2) is 407 Å². The quantitative estimate of drug-likeness (QED) is 0.122. The van der Waals surface area contributed by atoms with Gasteiger partial charge >= 0.3 is 0 Å². The topological polar surface area (TPSA) is 139 Å². The molecule has 14 aromatic carbocycles. The second-order valence-corrected chi connectivity index (χ2v) is 40.8. The number of fused-ring (bicyclic) bond motifs is 12. The fourth-order valence-electron chi connectivity index (χ4n) is 22.4. The monoisotopic (exact) mass is 1820 g/mol. The number of benzene rings is 14. The smallest absolute Gasteiger partial charge is 0.164 e. The summed E-state index contributed by atoms with van der Waals surface area (Å²) in [6.07, 6.45) is 7.74. The Morgan fingerprint density at radius 1 is 0.170 bits per heavy atom. The number of pyridine rings is 4. The average Bonchev–Trinajstić information content (AvgIpc) is 0.698. The molecule has 0 N–H and O–H groups in total. The summed E-state index contributed by atoms with van der Waals surface area (Å²) < 4.78 is 0. The van der Waals surface area contributed by atoms with Crippen molar-refractivity contribution in [3.8, 4) is 124 Å². The van der Waals surface area contributed by atoms with Gasteiger partial charge in [-0.1, -0.05) is 330 Å². The van der Waals surface area contributed by atoms with E-state index >= 15 is 0 Å². The van der Waals surface area contributed by atoms with Gasteiger partial charge in [0.15, 0.2) is 34.9 Å². The van der Waals surface area contributed by atoms with E-state index in [4.69, 9.17) is 39.9 Å². The zero-order valence-corrected chi connectivity index (χ0v) is 81.0. The minimum atomic E-state index is -0.440. The van der Waals surface area contributed by atoms with Crippen molar-refractivity contribution in [2.45, 2.75) is 116 Å². The van der Waals surface area contributed by atoms with Crippen molar-refractivity contribution in [3.63, 3.8) is 0 Å². The third-order valence-corrected chi connectivity index (χ3v) is 30.2. The molecule has 0 bridgehead atoms. The first-order valence-electron chi connectivity index (χ1n) is 48.7. The standard InChI is InChI=1S/C53H40N8.C41H34N2.C34H29N3/c1-52(2)39-29-30-54-45-44(39)61(42-27-25-37(31-40(42)52)50-57-46(33-17-9-5-10-18-33)55-47(58-50)34-19-11-6-12-20-34)43-28-26-38(32-41(43)53(45,3)4)51-59-48(35-21-13-7-14-22-35)56-49(60-51)36-23-15-8-16-24-36;1-40(2)33-22-30(27-14-8-5-9-15-27)20-21-37(33)43-38-34(40)23-31(28-16-10-6-11-17-28)24-35(38)41(3,4)36-25-32(26-42-39(36)43)29-18-12-7-13-19-29;1-33(2)24-10-9-11-25-32(24)37(30-16-14-22(20-26(30)33)28-12-5-7-18-35-28)31-17-15-23(21-27(31)34(25,3)4)29-13-6-8-19-36-29/h5-32H,1-4H3;5-26H,1-4H3;5-21H,1-4H3. The van der Waals surface area contributed by atoms with E-state index in [9.17, 15) is 0 Å². The Kier molecular flexibility index (Phi) is 20.6. The highest BCUT2D eigenvalue weighted by molar-refractivity contribution is 5.99. The van der Waals surface area contributed by atoms with Crippen LogP contribution in [0, 0.1) is 0 Å². The summed E-state index contributed by atoms with van der Waals surface area (Å²) >= 11 is 0. The molecular formula is C128H103N13. The second kappa shape index (κ2) is 33.5. The highest BCUT2D eigenvalue weighted by Gasteiger charge is 2.51. The Bertz CT molecular complexity index is 7750. The molecule has 6 aliphatic rings. The molecule has 0 amide bonds. The van der Waals surface area contributed by atoms with E-state index in [-0.39, 0.29) is 27.1 Å². The summed E-state index contributed by atoms with van der Waals surface area (Å²) in [6, 6.07) is 135. The van der Waals surface area contributed by atoms with Gasteiger partial charge in [-0.2, -0.15) is 0 Å². The van der Waals surface area contributed by atoms with E-state index in [0.717, 1.165) is 95.6 Å². The molecule has 0 fully saturated rings. The molecule has 20 aromatic rings. The predicted molar refractivity (Wildman–Crippen MR) is 574 cm³/mol. The van der Waals surface area contributed by atoms with Crippen LogP contribution in [0.2, 0.25) is 0 Å². The van der Waals surface area contributed by atoms with E-state index in [0.29, 0.717) is 34.9 Å². The van der Waals surface area contributed by atoms with Crippen molar-refractivity contribution < 1.29 is 0 Å². The zero-order chi connectivity index (χ0) is 96.0. The summed E-state index contributed by atoms with van der Waals surface area (Å²) in [6.45, 7) is 28.1. The fourth-order valence-corrected chi connectivity index (χ4v) is 22.4. The second-order valence-electron chi connectivity index (χ2n) is 40.8. The molecule has 0 radical (unpaired) electrons. The van der Waals surface area contributed by atoms with E-state index in [1.54, 1.807) is 0 Å². The third kappa shape index (κ3) is 14.5. The lowest BCUT2D eigenvalue weighted by atomic mass is 9.66. The molecule has 6 aromatic heterocycles. The largest absolute Gasteiger partial charge is 0.309 e. The minimum Gasteiger partial charge on any atom is -0.309 e. The Morgan fingerprint density at radius 3 is 0.851 bits per heavy atom. The van der Waals surface area contributed by atoms with Crippen LogP contribution >= 0.6 is 0 Å². The van der Waals surface area contributed by atoms with Gasteiger partial charge in [-0.25, -0.2) is 34.9 Å². The molecule has 26 rings (SSSR count). The Balaban J connectivity index is 0.000000119. The van der Waals surface area contributed by atoms with Gasteiger partial charge in [-0.15, -0.1) is 0 Å². The molecule has 680 valence electrons. The van der Waals surface area contributed by atoms with E-state index in [2.05, 4.69) is 356 Å². The maximum absolute atomic E-state index is 5.25. The van der Waals surface area contributed by atoms with Crippen molar-refractivity contribution >= 4 is 51.3 Å². The van der Waals surface area contributed by atoms with Crippen LogP contribution in [-0.4, -0.2) is 49.8 Å². The van der Waals surface area contributed by atoms with Crippen LogP contribution in [0.25, 0.3) is 124 Å². The predicted octanol–water partition coefficient (Wildman–Crippen LogP) is 31.6. The number of nitrogens with zero attached hydrogens (tertiary/aromatic N) is 13. The average molecular weight is 1820 g/mol. The van der Waals surface area contributed by atoms with Gasteiger partial charge in [0.25, 0.3) is 0 Å². The van der Waals surface area contributed by atoms with Gasteiger partial charge in [0.2, 0.25) is 0 Å². The maximum Gasteiger partial charge on any atom is 0.164 e. The van der Waals surface area contributed by atoms with E-state index in [1.165, 1.54) is 112 Å². The highest BCUT2D eigenvalue weighted by Crippen LogP contribution is 2.65. The van der Waals surface area contributed by atoms with Gasteiger partial charge in [0.1, 0.15) is 5.82 Å². The normalized spacial score (nSPS) is 15.0. The van der Waals surface area contributed by atoms with E-state index in [1.807, 2.05) is 158 Å². The van der Waals surface area contributed by atoms with Crippen molar-refractivity contribution in [2.75, 3.05) is 14.7 Å². The molecule has 0 saturated heterocycles. The first-order valence-corrected chi connectivity index (χ1v) is 48.7. The van der Waals surface area contributed by atoms with Crippen LogP contribution in [0.1, 0.15) is 150 Å². The van der Waals surface area contributed by atoms with Gasteiger partial charge in [0.05, 0.1) is 62.6 Å². The molecule has 0 unspecified atom stereocenters. The fraction of sp³-hybridized carbons (Fsp3) is 0.141. The van der Waals surface area contributed by atoms with Crippen molar-refractivity contribution in [1.82, 2.24) is 49.8 Å². The number of hydrogen-bond acceptors (Lipinski definition) is 13. The third-order valence-electron chi connectivity index (χ3n) is 30.2. The number of para-hydroxylation sites is 1. The maximum atomic E-state index is 5.25. The molecule has 0 atom stereocenters. The van der Waals surface area contributed by atoms with Crippen molar-refractivity contribution in [1.29, 1.82) is 0 Å². The van der Waals surface area contributed by atoms with Crippen LogP contribution in [0.3, 0.4) is 0 Å². The van der Waals surface area contributed by atoms with E-state index < -0.39 is 5.41 Å². The van der Waals surface area contributed by atoms with Crippen molar-refractivity contribution in [2.24, 2.45) is 0 Å². The first-order chi connectivity index (χ1) is 68.4. The molecule has 13 heteroatoms. The highest BCUT2D eigenvalue weighted by atomic mass is 15.2. The molecule has 0 aliphatic carbocycles. The van der Waals surface area contributed by atoms with Gasteiger partial charge < -0.3 is 9.80 Å². The Labute approximate surface area is 824 Å². The number of aromatic nitrogens is 10. The number of rotatable bonds is 11. The first kappa shape index (κ1) is 86.9. The lowest BCUT2D eigenvalue weighted by Crippen LogP contribution is -2.38. The zero-order valence-electron chi connectivity index (χ0n) is 81.0. The summed E-state index contributed by atoms with van der Waals surface area (Å²) in [5.74, 6) is 4.79. The molecule has 141 heavy (non-hydrogen) atoms. The molecule has 0 saturated carbocycles. The minimum absolute atomic E-state index is 0.149. The molecule has 12 heterocycles. The summed E-state index contributed by atoms with van der Waals surface area (Å²) in [4.78, 5) is 57.2. The van der Waals surface area contributed by atoms with Gasteiger partial charge in [0, 0.05) is 113 Å². The molecule has 6 aliphatic heterocycles. The summed E-state index contributed by atoms with van der Waals surface area (Å²) in [5.41, 5.74) is 40.4. The summed E-state index contributed by atoms with van der Waals surface area (Å²) in [5, 5.41) is 0. The summed E-state index contributed by atoms with van der Waals surface area (Å²) in [7, 11) is 0. The Hall–Kier alpha value is -16.9. The number of hydrogen-bond donors (Lipinski definition) is 0. The molecular weight excluding hydrogens is 1720 g/mol.